The lowest BCUT2D eigenvalue weighted by Gasteiger charge is -2.22. The first-order valence-corrected chi connectivity index (χ1v) is 12.0. The summed E-state index contributed by atoms with van der Waals surface area (Å²) in [7, 11) is 0. The maximum Gasteiger partial charge on any atom is 0.298 e. The van der Waals surface area contributed by atoms with Crippen LogP contribution in [-0.4, -0.2) is 33.4 Å². The number of nitrogens with one attached hydrogen (secondary N) is 1. The molecule has 3 heterocycles. The van der Waals surface area contributed by atoms with Crippen LogP contribution in [0, 0.1) is 12.7 Å². The monoisotopic (exact) mass is 485 g/mol. The highest BCUT2D eigenvalue weighted by Gasteiger charge is 2.36. The zero-order chi connectivity index (χ0) is 24.8. The predicted octanol–water partition coefficient (Wildman–Crippen LogP) is 6.21. The van der Waals surface area contributed by atoms with Crippen molar-refractivity contribution in [3.05, 3.63) is 64.9 Å². The molecule has 0 saturated carbocycles. The number of benzene rings is 1. The summed E-state index contributed by atoms with van der Waals surface area (Å²) in [5.74, 6) is -3.48. The van der Waals surface area contributed by atoms with Crippen molar-refractivity contribution in [2.45, 2.75) is 64.3 Å². The van der Waals surface area contributed by atoms with E-state index in [1.165, 1.54) is 12.1 Å². The Kier molecular flexibility index (Phi) is 7.95. The van der Waals surface area contributed by atoms with Crippen LogP contribution < -0.4 is 5.32 Å². The molecule has 1 aliphatic heterocycles. The number of hydrogen-bond donors (Lipinski definition) is 1. The summed E-state index contributed by atoms with van der Waals surface area (Å²) in [6.45, 7) is 2.60. The lowest BCUT2D eigenvalue weighted by molar-refractivity contribution is -0.0795. The Morgan fingerprint density at radius 3 is 2.74 bits per heavy atom. The maximum absolute atomic E-state index is 15.3. The van der Waals surface area contributed by atoms with Crippen molar-refractivity contribution >= 4 is 16.9 Å². The molecule has 2 aromatic heterocycles. The Morgan fingerprint density at radius 2 is 1.89 bits per heavy atom. The van der Waals surface area contributed by atoms with Gasteiger partial charge in [0.1, 0.15) is 24.1 Å². The minimum Gasteiger partial charge on any atom is -0.371 e. The highest BCUT2D eigenvalue weighted by molar-refractivity contribution is 5.86. The average Bonchev–Trinajstić information content (AvgIpc) is 2.82. The van der Waals surface area contributed by atoms with Gasteiger partial charge in [0.05, 0.1) is 29.3 Å². The van der Waals surface area contributed by atoms with Gasteiger partial charge in [0.15, 0.2) is 5.65 Å². The summed E-state index contributed by atoms with van der Waals surface area (Å²) in [6.07, 6.45) is 9.41. The molecule has 0 radical (unpaired) electrons. The first-order valence-electron chi connectivity index (χ1n) is 12.0. The van der Waals surface area contributed by atoms with Crippen LogP contribution in [0.4, 0.5) is 19.0 Å². The van der Waals surface area contributed by atoms with Crippen molar-refractivity contribution in [1.82, 2.24) is 20.2 Å². The Balaban J connectivity index is 1.70. The largest absolute Gasteiger partial charge is 0.371 e. The number of anilines is 1. The van der Waals surface area contributed by atoms with E-state index >= 15 is 4.39 Å². The molecule has 0 saturated heterocycles. The SMILES string of the molecule is Cc1nc2c3cc(nnc3n1)CCCCCC/C=C\COCC(F)(F)c1cccc(c1F)[C@@H](C)N2. The summed E-state index contributed by atoms with van der Waals surface area (Å²) in [5, 5.41) is 12.4. The fraction of sp³-hybridized carbons (Fsp3) is 0.462. The summed E-state index contributed by atoms with van der Waals surface area (Å²) in [5.41, 5.74) is 0.686. The Morgan fingerprint density at radius 1 is 1.06 bits per heavy atom. The van der Waals surface area contributed by atoms with E-state index < -0.39 is 30.0 Å². The third-order valence-corrected chi connectivity index (χ3v) is 6.08. The Bertz CT molecular complexity index is 1200. The maximum atomic E-state index is 15.3. The van der Waals surface area contributed by atoms with Crippen LogP contribution >= 0.6 is 0 Å². The molecule has 4 bridgehead atoms. The molecule has 6 nitrogen and oxygen atoms in total. The second-order valence-electron chi connectivity index (χ2n) is 8.91. The first-order chi connectivity index (χ1) is 16.8. The van der Waals surface area contributed by atoms with Crippen molar-refractivity contribution in [2.24, 2.45) is 0 Å². The van der Waals surface area contributed by atoms with Crippen LogP contribution in [-0.2, 0) is 17.1 Å². The Hall–Kier alpha value is -3.07. The van der Waals surface area contributed by atoms with E-state index in [9.17, 15) is 8.78 Å². The van der Waals surface area contributed by atoms with Gasteiger partial charge in [-0.3, -0.25) is 0 Å². The predicted molar refractivity (Wildman–Crippen MR) is 129 cm³/mol. The number of nitrogens with zero attached hydrogens (tertiary/aromatic N) is 4. The number of halogens is 3. The number of fused-ring (bicyclic) bond motifs is 3. The number of aryl methyl sites for hydroxylation is 2. The zero-order valence-electron chi connectivity index (χ0n) is 20.0. The molecule has 9 heteroatoms. The van der Waals surface area contributed by atoms with E-state index in [1.807, 2.05) is 12.1 Å². The van der Waals surface area contributed by atoms with Crippen LogP contribution in [0.1, 0.15) is 67.7 Å². The van der Waals surface area contributed by atoms with Crippen LogP contribution in [0.25, 0.3) is 11.0 Å². The number of aromatic nitrogens is 4. The highest BCUT2D eigenvalue weighted by Crippen LogP contribution is 2.34. The topological polar surface area (TPSA) is 72.8 Å². The lowest BCUT2D eigenvalue weighted by Crippen LogP contribution is -2.24. The highest BCUT2D eigenvalue weighted by atomic mass is 19.3. The first kappa shape index (κ1) is 25.0. The van der Waals surface area contributed by atoms with E-state index in [1.54, 1.807) is 19.9 Å². The number of alkyl halides is 2. The quantitative estimate of drug-likeness (QED) is 0.382. The van der Waals surface area contributed by atoms with Gasteiger partial charge in [0.25, 0.3) is 5.92 Å². The summed E-state index contributed by atoms with van der Waals surface area (Å²) in [6, 6.07) is 5.29. The molecule has 35 heavy (non-hydrogen) atoms. The normalized spacial score (nSPS) is 20.7. The van der Waals surface area contributed by atoms with Gasteiger partial charge in [-0.15, -0.1) is 5.10 Å². The molecule has 0 amide bonds. The van der Waals surface area contributed by atoms with Gasteiger partial charge in [-0.05, 0) is 51.7 Å². The number of hydrogen-bond acceptors (Lipinski definition) is 6. The average molecular weight is 486 g/mol. The van der Waals surface area contributed by atoms with Crippen molar-refractivity contribution in [1.29, 1.82) is 0 Å². The van der Waals surface area contributed by atoms with Crippen molar-refractivity contribution in [3.63, 3.8) is 0 Å². The van der Waals surface area contributed by atoms with Crippen LogP contribution in [0.2, 0.25) is 0 Å². The van der Waals surface area contributed by atoms with Gasteiger partial charge in [-0.1, -0.05) is 37.1 Å². The van der Waals surface area contributed by atoms with Crippen molar-refractivity contribution < 1.29 is 17.9 Å². The van der Waals surface area contributed by atoms with Gasteiger partial charge in [-0.25, -0.2) is 14.4 Å². The van der Waals surface area contributed by atoms with Gasteiger partial charge >= 0.3 is 0 Å². The number of rotatable bonds is 0. The minimum atomic E-state index is -3.46. The molecule has 0 aliphatic carbocycles. The molecule has 3 aromatic rings. The zero-order valence-corrected chi connectivity index (χ0v) is 20.0. The molecule has 4 rings (SSSR count). The van der Waals surface area contributed by atoms with Gasteiger partial charge in [0.2, 0.25) is 0 Å². The molecule has 1 aromatic carbocycles. The third-order valence-electron chi connectivity index (χ3n) is 6.08. The number of allylic oxidation sites excluding steroid dienone is 1. The molecule has 1 N–H and O–H groups in total. The van der Waals surface area contributed by atoms with E-state index in [0.29, 0.717) is 22.7 Å². The summed E-state index contributed by atoms with van der Waals surface area (Å²) in [4.78, 5) is 8.85. The molecular formula is C26H30F3N5O. The lowest BCUT2D eigenvalue weighted by atomic mass is 10.00. The fourth-order valence-electron chi connectivity index (χ4n) is 4.21. The summed E-state index contributed by atoms with van der Waals surface area (Å²) >= 11 is 0. The summed E-state index contributed by atoms with van der Waals surface area (Å²) < 4.78 is 50.1. The van der Waals surface area contributed by atoms with E-state index in [2.05, 4.69) is 25.5 Å². The molecule has 0 fully saturated rings. The minimum absolute atomic E-state index is 0.0617. The van der Waals surface area contributed by atoms with E-state index in [4.69, 9.17) is 4.74 Å². The smallest absolute Gasteiger partial charge is 0.298 e. The fourth-order valence-corrected chi connectivity index (χ4v) is 4.21. The second-order valence-corrected chi connectivity index (χ2v) is 8.91. The van der Waals surface area contributed by atoms with Crippen LogP contribution in [0.15, 0.2) is 36.4 Å². The standard InChI is InChI=1S/C26H30F3N5O/c1-17-20-12-10-13-22(23(20)27)26(28,29)16-35-14-9-7-5-3-4-6-8-11-19-15-21-24(30-17)31-18(2)32-25(21)34-33-19/h7,9-10,12-13,15,17H,3-6,8,11,14,16H2,1-2H3,(H,30,31,32,34)/b9-7-/t17-/m1/s1. The third kappa shape index (κ3) is 6.14. The van der Waals surface area contributed by atoms with Crippen molar-refractivity contribution in [3.8, 4) is 0 Å². The van der Waals surface area contributed by atoms with Gasteiger partial charge < -0.3 is 10.1 Å². The second kappa shape index (κ2) is 11.1. The molecule has 1 atom stereocenters. The van der Waals surface area contributed by atoms with Gasteiger partial charge in [-0.2, -0.15) is 13.9 Å². The molecule has 1 aliphatic rings. The molecule has 186 valence electrons. The van der Waals surface area contributed by atoms with Crippen molar-refractivity contribution in [2.75, 3.05) is 18.5 Å². The van der Waals surface area contributed by atoms with Gasteiger partial charge in [0, 0.05) is 5.56 Å². The number of ether oxygens (including phenoxy) is 1. The van der Waals surface area contributed by atoms with E-state index in [0.717, 1.165) is 50.3 Å². The molecule has 0 unspecified atom stereocenters. The molecule has 0 spiro atoms. The van der Waals surface area contributed by atoms with Crippen LogP contribution in [0.5, 0.6) is 0 Å². The Labute approximate surface area is 203 Å². The molecular weight excluding hydrogens is 455 g/mol. The van der Waals surface area contributed by atoms with E-state index in [-0.39, 0.29) is 12.2 Å². The van der Waals surface area contributed by atoms with Crippen LogP contribution in [0.3, 0.4) is 0 Å².